The minimum atomic E-state index is 0.108. The highest BCUT2D eigenvalue weighted by molar-refractivity contribution is 6.30. The zero-order chi connectivity index (χ0) is 14.3. The summed E-state index contributed by atoms with van der Waals surface area (Å²) in [7, 11) is 1.93. The summed E-state index contributed by atoms with van der Waals surface area (Å²) in [6.07, 6.45) is 4.15. The number of halogens is 1. The molecular formula is C17H22ClNO. The van der Waals surface area contributed by atoms with Gasteiger partial charge in [-0.2, -0.15) is 0 Å². The zero-order valence-electron chi connectivity index (χ0n) is 12.2. The molecule has 3 rings (SSSR count). The quantitative estimate of drug-likeness (QED) is 0.821. The van der Waals surface area contributed by atoms with E-state index in [-0.39, 0.29) is 5.91 Å². The highest BCUT2D eigenvalue weighted by atomic mass is 35.5. The fourth-order valence-electron chi connectivity index (χ4n) is 4.23. The van der Waals surface area contributed by atoms with E-state index in [0.29, 0.717) is 10.9 Å². The molecule has 2 fully saturated rings. The number of benzene rings is 1. The van der Waals surface area contributed by atoms with Gasteiger partial charge in [0.2, 0.25) is 0 Å². The Bertz CT molecular complexity index is 496. The van der Waals surface area contributed by atoms with Crippen LogP contribution in [0.25, 0.3) is 0 Å². The fourth-order valence-corrected chi connectivity index (χ4v) is 4.35. The topological polar surface area (TPSA) is 20.3 Å². The highest BCUT2D eigenvalue weighted by Gasteiger charge is 2.45. The van der Waals surface area contributed by atoms with Crippen LogP contribution in [0.3, 0.4) is 0 Å². The third kappa shape index (κ3) is 2.46. The first-order valence-electron chi connectivity index (χ1n) is 7.57. The van der Waals surface area contributed by atoms with Gasteiger partial charge in [0.25, 0.3) is 5.91 Å². The van der Waals surface area contributed by atoms with Crippen molar-refractivity contribution in [2.45, 2.75) is 26.2 Å². The van der Waals surface area contributed by atoms with E-state index in [1.54, 1.807) is 12.1 Å². The number of hydrogen-bond acceptors (Lipinski definition) is 1. The molecular weight excluding hydrogens is 270 g/mol. The smallest absolute Gasteiger partial charge is 0.253 e. The Kier molecular flexibility index (Phi) is 3.76. The van der Waals surface area contributed by atoms with Crippen molar-refractivity contribution in [2.75, 3.05) is 13.6 Å². The molecule has 2 saturated carbocycles. The summed E-state index contributed by atoms with van der Waals surface area (Å²) in [5.41, 5.74) is 0.729. The van der Waals surface area contributed by atoms with Gasteiger partial charge in [-0.25, -0.2) is 0 Å². The number of fused-ring (bicyclic) bond motifs is 2. The number of carbonyl (C=O) groups is 1. The molecule has 3 heteroatoms. The Morgan fingerprint density at radius 2 is 1.90 bits per heavy atom. The monoisotopic (exact) mass is 291 g/mol. The SMILES string of the molecule is CC1C2CCC(C2)C1CN(C)C(=O)c1ccc(Cl)cc1. The maximum atomic E-state index is 12.4. The molecule has 2 nitrogen and oxygen atoms in total. The van der Waals surface area contributed by atoms with Crippen LogP contribution in [0.5, 0.6) is 0 Å². The van der Waals surface area contributed by atoms with Gasteiger partial charge in [-0.15, -0.1) is 0 Å². The lowest BCUT2D eigenvalue weighted by molar-refractivity contribution is 0.0728. The van der Waals surface area contributed by atoms with E-state index in [2.05, 4.69) is 6.92 Å². The molecule has 1 amide bonds. The van der Waals surface area contributed by atoms with Gasteiger partial charge < -0.3 is 4.90 Å². The zero-order valence-corrected chi connectivity index (χ0v) is 12.9. The van der Waals surface area contributed by atoms with Crippen LogP contribution in [0.1, 0.15) is 36.5 Å². The van der Waals surface area contributed by atoms with Crippen LogP contribution in [0, 0.1) is 23.7 Å². The second-order valence-electron chi connectivity index (χ2n) is 6.55. The Hall–Kier alpha value is -1.02. The second-order valence-corrected chi connectivity index (χ2v) is 6.99. The Morgan fingerprint density at radius 1 is 1.25 bits per heavy atom. The lowest BCUT2D eigenvalue weighted by Crippen LogP contribution is -2.36. The Morgan fingerprint density at radius 3 is 2.50 bits per heavy atom. The minimum Gasteiger partial charge on any atom is -0.341 e. The molecule has 20 heavy (non-hydrogen) atoms. The predicted molar refractivity (Wildman–Crippen MR) is 81.9 cm³/mol. The van der Waals surface area contributed by atoms with Crippen LogP contribution in [-0.2, 0) is 0 Å². The van der Waals surface area contributed by atoms with Crippen molar-refractivity contribution in [3.8, 4) is 0 Å². The van der Waals surface area contributed by atoms with E-state index in [4.69, 9.17) is 11.6 Å². The van der Waals surface area contributed by atoms with Gasteiger partial charge in [-0.1, -0.05) is 18.5 Å². The molecule has 2 bridgehead atoms. The first kappa shape index (κ1) is 13.9. The lowest BCUT2D eigenvalue weighted by atomic mass is 9.80. The van der Waals surface area contributed by atoms with Crippen molar-refractivity contribution in [3.63, 3.8) is 0 Å². The highest BCUT2D eigenvalue weighted by Crippen LogP contribution is 2.52. The maximum absolute atomic E-state index is 12.4. The fraction of sp³-hybridized carbons (Fsp3) is 0.588. The largest absolute Gasteiger partial charge is 0.341 e. The summed E-state index contributed by atoms with van der Waals surface area (Å²) in [5.74, 6) is 3.32. The second kappa shape index (κ2) is 5.40. The molecule has 1 aromatic rings. The minimum absolute atomic E-state index is 0.108. The summed E-state index contributed by atoms with van der Waals surface area (Å²) >= 11 is 5.87. The van der Waals surface area contributed by atoms with Gasteiger partial charge in [-0.05, 0) is 67.2 Å². The number of rotatable bonds is 3. The Balaban J connectivity index is 1.66. The molecule has 0 N–H and O–H groups in total. The normalized spacial score (nSPS) is 31.6. The van der Waals surface area contributed by atoms with Gasteiger partial charge in [0.1, 0.15) is 0 Å². The van der Waals surface area contributed by atoms with Crippen LogP contribution in [0.2, 0.25) is 5.02 Å². The molecule has 0 aromatic heterocycles. The number of carbonyl (C=O) groups excluding carboxylic acids is 1. The van der Waals surface area contributed by atoms with Gasteiger partial charge in [0.15, 0.2) is 0 Å². The molecule has 2 aliphatic carbocycles. The number of amides is 1. The molecule has 2 aliphatic rings. The Labute approximate surface area is 126 Å². The van der Waals surface area contributed by atoms with Gasteiger partial charge in [-0.3, -0.25) is 4.79 Å². The summed E-state index contributed by atoms with van der Waals surface area (Å²) in [4.78, 5) is 14.3. The average molecular weight is 292 g/mol. The number of hydrogen-bond donors (Lipinski definition) is 0. The molecule has 4 unspecified atom stereocenters. The third-order valence-corrected chi connectivity index (χ3v) is 5.71. The van der Waals surface area contributed by atoms with Crippen LogP contribution in [-0.4, -0.2) is 24.4 Å². The van der Waals surface area contributed by atoms with Crippen molar-refractivity contribution in [1.29, 1.82) is 0 Å². The van der Waals surface area contributed by atoms with E-state index >= 15 is 0 Å². The standard InChI is InChI=1S/C17H22ClNO/c1-11-13-3-4-14(9-13)16(11)10-19(2)17(20)12-5-7-15(18)8-6-12/h5-8,11,13-14,16H,3-4,9-10H2,1-2H3. The molecule has 0 aliphatic heterocycles. The molecule has 0 radical (unpaired) electrons. The first-order valence-corrected chi connectivity index (χ1v) is 7.95. The molecule has 1 aromatic carbocycles. The van der Waals surface area contributed by atoms with Crippen molar-refractivity contribution in [2.24, 2.45) is 23.7 Å². The van der Waals surface area contributed by atoms with E-state index in [9.17, 15) is 4.79 Å². The van der Waals surface area contributed by atoms with Crippen molar-refractivity contribution < 1.29 is 4.79 Å². The first-order chi connectivity index (χ1) is 9.56. The molecule has 4 atom stereocenters. The van der Waals surface area contributed by atoms with E-state index in [1.807, 2.05) is 24.1 Å². The molecule has 0 spiro atoms. The van der Waals surface area contributed by atoms with Gasteiger partial charge in [0.05, 0.1) is 0 Å². The van der Waals surface area contributed by atoms with E-state index < -0.39 is 0 Å². The molecule has 108 valence electrons. The van der Waals surface area contributed by atoms with Gasteiger partial charge in [0, 0.05) is 24.2 Å². The summed E-state index contributed by atoms with van der Waals surface area (Å²) in [5, 5.41) is 0.672. The average Bonchev–Trinajstić information content (AvgIpc) is 3.02. The van der Waals surface area contributed by atoms with E-state index in [0.717, 1.165) is 29.9 Å². The summed E-state index contributed by atoms with van der Waals surface area (Å²) in [6.45, 7) is 3.26. The number of nitrogens with zero attached hydrogens (tertiary/aromatic N) is 1. The van der Waals surface area contributed by atoms with Crippen LogP contribution < -0.4 is 0 Å². The van der Waals surface area contributed by atoms with Crippen molar-refractivity contribution >= 4 is 17.5 Å². The van der Waals surface area contributed by atoms with Crippen LogP contribution >= 0.6 is 11.6 Å². The summed E-state index contributed by atoms with van der Waals surface area (Å²) < 4.78 is 0. The lowest BCUT2D eigenvalue weighted by Gasteiger charge is -2.32. The predicted octanol–water partition coefficient (Wildman–Crippen LogP) is 4.09. The molecule has 0 saturated heterocycles. The van der Waals surface area contributed by atoms with E-state index in [1.165, 1.54) is 19.3 Å². The third-order valence-electron chi connectivity index (χ3n) is 5.46. The van der Waals surface area contributed by atoms with Crippen molar-refractivity contribution in [3.05, 3.63) is 34.9 Å². The van der Waals surface area contributed by atoms with Crippen LogP contribution in [0.15, 0.2) is 24.3 Å². The maximum Gasteiger partial charge on any atom is 0.253 e. The van der Waals surface area contributed by atoms with Crippen LogP contribution in [0.4, 0.5) is 0 Å². The summed E-state index contributed by atoms with van der Waals surface area (Å²) in [6, 6.07) is 7.18. The molecule has 0 heterocycles. The van der Waals surface area contributed by atoms with Crippen molar-refractivity contribution in [1.82, 2.24) is 4.90 Å². The van der Waals surface area contributed by atoms with Gasteiger partial charge >= 0.3 is 0 Å².